The maximum absolute atomic E-state index is 12.9. The number of halogens is 1. The highest BCUT2D eigenvalue weighted by Gasteiger charge is 2.30. The summed E-state index contributed by atoms with van der Waals surface area (Å²) in [5.74, 6) is -0.291. The molecule has 1 atom stereocenters. The molecule has 1 aliphatic rings. The largest absolute Gasteiger partial charge is 0.469 e. The molecule has 4 heterocycles. The van der Waals surface area contributed by atoms with Gasteiger partial charge in [0.25, 0.3) is 5.91 Å². The molecule has 1 saturated heterocycles. The predicted molar refractivity (Wildman–Crippen MR) is 180 cm³/mol. The zero-order chi connectivity index (χ0) is 33.8. The van der Waals surface area contributed by atoms with Gasteiger partial charge >= 0.3 is 5.97 Å². The number of hydrogen-bond donors (Lipinski definition) is 1. The lowest BCUT2D eigenvalue weighted by Gasteiger charge is -2.14. The number of likely N-dealkylation sites (tertiary alicyclic amines) is 1. The van der Waals surface area contributed by atoms with Gasteiger partial charge in [-0.15, -0.1) is 0 Å². The molecule has 12 heteroatoms. The van der Waals surface area contributed by atoms with Crippen molar-refractivity contribution in [2.45, 2.75) is 19.9 Å². The number of nitrogens with one attached hydrogen (secondary N) is 1. The quantitative estimate of drug-likeness (QED) is 0.140. The van der Waals surface area contributed by atoms with Crippen LogP contribution in [0.5, 0.6) is 0 Å². The number of rotatable bonds is 9. The first kappa shape index (κ1) is 32.2. The molecule has 0 aliphatic carbocycles. The Morgan fingerprint density at radius 1 is 1.15 bits per heavy atom. The molecular weight excluding hydrogens is 632 g/mol. The van der Waals surface area contributed by atoms with Crippen molar-refractivity contribution in [3.8, 4) is 17.2 Å². The van der Waals surface area contributed by atoms with Crippen LogP contribution in [0.25, 0.3) is 34.4 Å². The van der Waals surface area contributed by atoms with E-state index in [4.69, 9.17) is 20.8 Å². The monoisotopic (exact) mass is 660 g/mol. The number of aldehydes is 1. The normalized spacial score (nSPS) is 14.7. The van der Waals surface area contributed by atoms with Crippen molar-refractivity contribution in [2.75, 3.05) is 25.5 Å². The smallest absolute Gasteiger partial charge is 0.310 e. The van der Waals surface area contributed by atoms with E-state index < -0.39 is 5.91 Å². The highest BCUT2D eigenvalue weighted by atomic mass is 35.5. The van der Waals surface area contributed by atoms with Crippen LogP contribution in [0.1, 0.15) is 55.5 Å². The van der Waals surface area contributed by atoms with E-state index in [1.54, 1.807) is 42.6 Å². The van der Waals surface area contributed by atoms with Crippen LogP contribution in [0.3, 0.4) is 0 Å². The minimum atomic E-state index is -0.426. The fourth-order valence-corrected chi connectivity index (χ4v) is 5.99. The summed E-state index contributed by atoms with van der Waals surface area (Å²) in [6.07, 6.45) is 7.90. The molecule has 2 aromatic carbocycles. The van der Waals surface area contributed by atoms with E-state index in [0.717, 1.165) is 29.7 Å². The number of hydrogen-bond acceptors (Lipinski definition) is 10. The number of methoxy groups -OCH3 is 1. The Morgan fingerprint density at radius 3 is 2.75 bits per heavy atom. The van der Waals surface area contributed by atoms with Gasteiger partial charge in [0, 0.05) is 35.8 Å². The first-order valence-corrected chi connectivity index (χ1v) is 15.4. The van der Waals surface area contributed by atoms with Gasteiger partial charge in [0.2, 0.25) is 5.89 Å². The molecule has 1 N–H and O–H groups in total. The summed E-state index contributed by atoms with van der Waals surface area (Å²) in [7, 11) is 1.40. The predicted octanol–water partition coefficient (Wildman–Crippen LogP) is 6.35. The third-order valence-electron chi connectivity index (χ3n) is 8.23. The fourth-order valence-electron chi connectivity index (χ4n) is 5.73. The molecule has 1 fully saturated rings. The van der Waals surface area contributed by atoms with E-state index in [0.29, 0.717) is 69.5 Å². The van der Waals surface area contributed by atoms with Crippen LogP contribution >= 0.6 is 11.6 Å². The van der Waals surface area contributed by atoms with E-state index in [2.05, 4.69) is 31.2 Å². The Labute approximate surface area is 280 Å². The SMILES string of the molecule is COC(=O)C1CCN(Cc2nc3cc(/C=C/c4nccc(-c5cccc(NC(=O)c6ccc(C=O)cn6)c5C)c4C#N)cc(Cl)c3o2)C1. The van der Waals surface area contributed by atoms with Crippen LogP contribution in [0.2, 0.25) is 5.02 Å². The molecule has 0 saturated carbocycles. The van der Waals surface area contributed by atoms with Crippen molar-refractivity contribution in [3.63, 3.8) is 0 Å². The van der Waals surface area contributed by atoms with E-state index in [1.807, 2.05) is 19.1 Å². The second-order valence-electron chi connectivity index (χ2n) is 11.3. The average Bonchev–Trinajstić information content (AvgIpc) is 3.75. The number of nitrogens with zero attached hydrogens (tertiary/aromatic N) is 5. The maximum Gasteiger partial charge on any atom is 0.310 e. The summed E-state index contributed by atoms with van der Waals surface area (Å²) in [5, 5.41) is 13.5. The van der Waals surface area contributed by atoms with Gasteiger partial charge in [0.05, 0.1) is 35.9 Å². The number of esters is 1. The topological polar surface area (TPSA) is 151 Å². The van der Waals surface area contributed by atoms with E-state index >= 15 is 0 Å². The number of nitriles is 1. The number of ether oxygens (including phenoxy) is 1. The number of carbonyl (C=O) groups excluding carboxylic acids is 3. The van der Waals surface area contributed by atoms with Crippen LogP contribution < -0.4 is 5.32 Å². The fraction of sp³-hybridized carbons (Fsp3) is 0.194. The third kappa shape index (κ3) is 6.71. The van der Waals surface area contributed by atoms with E-state index in [1.165, 1.54) is 25.4 Å². The molecule has 1 amide bonds. The van der Waals surface area contributed by atoms with Gasteiger partial charge in [0.15, 0.2) is 11.9 Å². The standard InChI is InChI=1S/C36H29ClN6O5/c1-21-25(4-3-5-29(21)42-35(45)31-9-7-23(20-44)17-40-31)26-10-12-39-30(27(26)16-38)8-6-22-14-28(37)34-32(15-22)41-33(48-34)19-43-13-11-24(18-43)36(46)47-2/h3-10,12,14-15,17,20,24H,11,13,18-19H2,1-2H3,(H,42,45)/b8-6+. The van der Waals surface area contributed by atoms with Gasteiger partial charge in [-0.1, -0.05) is 29.8 Å². The second kappa shape index (κ2) is 14.0. The molecule has 3 aromatic heterocycles. The zero-order valence-electron chi connectivity index (χ0n) is 26.1. The molecule has 6 rings (SSSR count). The number of amides is 1. The Kier molecular flexibility index (Phi) is 9.38. The molecule has 11 nitrogen and oxygen atoms in total. The van der Waals surface area contributed by atoms with Crippen molar-refractivity contribution < 1.29 is 23.5 Å². The summed E-state index contributed by atoms with van der Waals surface area (Å²) in [6.45, 7) is 3.62. The summed E-state index contributed by atoms with van der Waals surface area (Å²) in [5.41, 5.74) is 5.87. The molecule has 240 valence electrons. The Hall–Kier alpha value is -5.70. The summed E-state index contributed by atoms with van der Waals surface area (Å²) in [6, 6.07) is 16.1. The first-order valence-electron chi connectivity index (χ1n) is 15.1. The van der Waals surface area contributed by atoms with Crippen molar-refractivity contribution in [1.29, 1.82) is 5.26 Å². The molecule has 0 bridgehead atoms. The van der Waals surface area contributed by atoms with Gasteiger partial charge in [-0.25, -0.2) is 4.98 Å². The third-order valence-corrected chi connectivity index (χ3v) is 8.51. The van der Waals surface area contributed by atoms with Crippen LogP contribution in [0, 0.1) is 24.2 Å². The number of anilines is 1. The lowest BCUT2D eigenvalue weighted by atomic mass is 9.94. The van der Waals surface area contributed by atoms with Gasteiger partial charge < -0.3 is 14.5 Å². The van der Waals surface area contributed by atoms with Gasteiger partial charge in [-0.2, -0.15) is 5.26 Å². The Bertz CT molecular complexity index is 2120. The van der Waals surface area contributed by atoms with Crippen LogP contribution in [0.4, 0.5) is 5.69 Å². The molecule has 0 radical (unpaired) electrons. The summed E-state index contributed by atoms with van der Waals surface area (Å²) >= 11 is 6.58. The van der Waals surface area contributed by atoms with Gasteiger partial charge in [-0.05, 0) is 79.1 Å². The van der Waals surface area contributed by atoms with Crippen molar-refractivity contribution in [1.82, 2.24) is 19.9 Å². The van der Waals surface area contributed by atoms with E-state index in [9.17, 15) is 19.6 Å². The van der Waals surface area contributed by atoms with Crippen LogP contribution in [-0.2, 0) is 16.1 Å². The Morgan fingerprint density at radius 2 is 2.00 bits per heavy atom. The molecule has 1 aliphatic heterocycles. The first-order chi connectivity index (χ1) is 23.3. The lowest BCUT2D eigenvalue weighted by Crippen LogP contribution is -2.23. The number of benzene rings is 2. The van der Waals surface area contributed by atoms with Gasteiger partial charge in [0.1, 0.15) is 17.3 Å². The van der Waals surface area contributed by atoms with Crippen molar-refractivity contribution in [3.05, 3.63) is 105 Å². The number of aromatic nitrogens is 3. The van der Waals surface area contributed by atoms with E-state index in [-0.39, 0.29) is 17.6 Å². The second-order valence-corrected chi connectivity index (χ2v) is 11.7. The van der Waals surface area contributed by atoms with Crippen molar-refractivity contribution >= 4 is 58.7 Å². The molecule has 1 unspecified atom stereocenters. The highest BCUT2D eigenvalue weighted by molar-refractivity contribution is 6.34. The lowest BCUT2D eigenvalue weighted by molar-refractivity contribution is -0.144. The number of carbonyl (C=O) groups is 3. The summed E-state index contributed by atoms with van der Waals surface area (Å²) < 4.78 is 10.8. The number of fused-ring (bicyclic) bond motifs is 1. The molecule has 0 spiro atoms. The minimum Gasteiger partial charge on any atom is -0.469 e. The number of oxazole rings is 1. The minimum absolute atomic E-state index is 0.157. The number of pyridine rings is 2. The highest BCUT2D eigenvalue weighted by Crippen LogP contribution is 2.33. The molecular formula is C36H29ClN6O5. The molecule has 5 aromatic rings. The summed E-state index contributed by atoms with van der Waals surface area (Å²) in [4.78, 5) is 50.9. The van der Waals surface area contributed by atoms with Crippen LogP contribution in [-0.4, -0.2) is 58.2 Å². The van der Waals surface area contributed by atoms with Crippen LogP contribution in [0.15, 0.2) is 65.3 Å². The van der Waals surface area contributed by atoms with Crippen molar-refractivity contribution in [2.24, 2.45) is 5.92 Å². The molecule has 48 heavy (non-hydrogen) atoms. The Balaban J connectivity index is 1.23. The van der Waals surface area contributed by atoms with Gasteiger partial charge in [-0.3, -0.25) is 29.3 Å². The zero-order valence-corrected chi connectivity index (χ0v) is 26.8. The maximum atomic E-state index is 12.9. The average molecular weight is 661 g/mol.